The molecule has 1 saturated carbocycles. The summed E-state index contributed by atoms with van der Waals surface area (Å²) >= 11 is 0. The molecule has 0 radical (unpaired) electrons. The first kappa shape index (κ1) is 16.4. The SMILES string of the molecule is COc1c(C(N)C2(CC(C)C)CCCC2)ccc(C)c1C. The van der Waals surface area contributed by atoms with E-state index in [-0.39, 0.29) is 11.5 Å². The van der Waals surface area contributed by atoms with Gasteiger partial charge in [-0.05, 0) is 55.6 Å². The van der Waals surface area contributed by atoms with E-state index < -0.39 is 0 Å². The van der Waals surface area contributed by atoms with E-state index in [4.69, 9.17) is 10.5 Å². The van der Waals surface area contributed by atoms with E-state index in [0.717, 1.165) is 5.75 Å². The van der Waals surface area contributed by atoms with Crippen molar-refractivity contribution >= 4 is 0 Å². The average Bonchev–Trinajstić information content (AvgIpc) is 2.89. The summed E-state index contributed by atoms with van der Waals surface area (Å²) in [6, 6.07) is 4.45. The summed E-state index contributed by atoms with van der Waals surface area (Å²) in [5.41, 5.74) is 10.7. The lowest BCUT2D eigenvalue weighted by atomic mass is 9.70. The minimum Gasteiger partial charge on any atom is -0.496 e. The highest BCUT2D eigenvalue weighted by atomic mass is 16.5. The predicted octanol–water partition coefficient (Wildman–Crippen LogP) is 4.92. The summed E-state index contributed by atoms with van der Waals surface area (Å²) < 4.78 is 5.71. The first-order chi connectivity index (χ1) is 9.91. The van der Waals surface area contributed by atoms with Crippen molar-refractivity contribution in [3.63, 3.8) is 0 Å². The number of hydrogen-bond donors (Lipinski definition) is 1. The molecular weight excluding hydrogens is 258 g/mol. The molecule has 2 nitrogen and oxygen atoms in total. The molecule has 0 bridgehead atoms. The van der Waals surface area contributed by atoms with Gasteiger partial charge >= 0.3 is 0 Å². The van der Waals surface area contributed by atoms with Gasteiger partial charge in [0.15, 0.2) is 0 Å². The van der Waals surface area contributed by atoms with Gasteiger partial charge in [0.1, 0.15) is 5.75 Å². The van der Waals surface area contributed by atoms with Crippen LogP contribution in [0.25, 0.3) is 0 Å². The fourth-order valence-electron chi connectivity index (χ4n) is 4.19. The van der Waals surface area contributed by atoms with E-state index >= 15 is 0 Å². The molecule has 1 aromatic rings. The maximum absolute atomic E-state index is 6.80. The number of aryl methyl sites for hydroxylation is 1. The molecule has 0 spiro atoms. The molecule has 1 fully saturated rings. The first-order valence-electron chi connectivity index (χ1n) is 8.31. The van der Waals surface area contributed by atoms with Gasteiger partial charge in [-0.15, -0.1) is 0 Å². The summed E-state index contributed by atoms with van der Waals surface area (Å²) in [5.74, 6) is 1.68. The largest absolute Gasteiger partial charge is 0.496 e. The standard InChI is InChI=1S/C19H31NO/c1-13(2)12-19(10-6-7-11-19)18(20)16-9-8-14(3)15(4)17(16)21-5/h8-9,13,18H,6-7,10-12,20H2,1-5H3. The van der Waals surface area contributed by atoms with Crippen LogP contribution in [0.2, 0.25) is 0 Å². The minimum absolute atomic E-state index is 0.0802. The van der Waals surface area contributed by atoms with Gasteiger partial charge in [-0.1, -0.05) is 38.8 Å². The van der Waals surface area contributed by atoms with Crippen LogP contribution in [0, 0.1) is 25.2 Å². The Balaban J connectivity index is 2.42. The second kappa shape index (κ2) is 6.39. The molecule has 2 heteroatoms. The monoisotopic (exact) mass is 289 g/mol. The van der Waals surface area contributed by atoms with Crippen molar-refractivity contribution in [2.24, 2.45) is 17.1 Å². The lowest BCUT2D eigenvalue weighted by Crippen LogP contribution is -2.34. The van der Waals surface area contributed by atoms with Gasteiger partial charge in [0, 0.05) is 11.6 Å². The zero-order chi connectivity index (χ0) is 15.6. The minimum atomic E-state index is 0.0802. The van der Waals surface area contributed by atoms with E-state index in [0.29, 0.717) is 5.92 Å². The van der Waals surface area contributed by atoms with Crippen LogP contribution in [0.4, 0.5) is 0 Å². The molecule has 1 aliphatic rings. The maximum atomic E-state index is 6.80. The highest BCUT2D eigenvalue weighted by Crippen LogP contribution is 2.52. The summed E-state index contributed by atoms with van der Waals surface area (Å²) in [6.07, 6.45) is 6.34. The molecule has 1 aromatic carbocycles. The molecule has 0 heterocycles. The van der Waals surface area contributed by atoms with Crippen molar-refractivity contribution in [1.82, 2.24) is 0 Å². The Labute approximate surface area is 130 Å². The number of nitrogens with two attached hydrogens (primary N) is 1. The van der Waals surface area contributed by atoms with Crippen LogP contribution in [-0.4, -0.2) is 7.11 Å². The van der Waals surface area contributed by atoms with Gasteiger partial charge in [0.2, 0.25) is 0 Å². The fraction of sp³-hybridized carbons (Fsp3) is 0.684. The summed E-state index contributed by atoms with van der Waals surface area (Å²) in [7, 11) is 1.77. The van der Waals surface area contributed by atoms with Gasteiger partial charge in [-0.25, -0.2) is 0 Å². The fourth-order valence-corrected chi connectivity index (χ4v) is 4.19. The Kier molecular flexibility index (Phi) is 4.98. The highest BCUT2D eigenvalue weighted by Gasteiger charge is 2.41. The topological polar surface area (TPSA) is 35.2 Å². The van der Waals surface area contributed by atoms with E-state index in [1.54, 1.807) is 7.11 Å². The van der Waals surface area contributed by atoms with Crippen LogP contribution in [0.5, 0.6) is 5.75 Å². The van der Waals surface area contributed by atoms with E-state index in [2.05, 4.69) is 39.8 Å². The summed E-state index contributed by atoms with van der Waals surface area (Å²) in [5, 5.41) is 0. The van der Waals surface area contributed by atoms with E-state index in [9.17, 15) is 0 Å². The predicted molar refractivity (Wildman–Crippen MR) is 89.8 cm³/mol. The number of hydrogen-bond acceptors (Lipinski definition) is 2. The van der Waals surface area contributed by atoms with Gasteiger partial charge < -0.3 is 10.5 Å². The van der Waals surface area contributed by atoms with Crippen molar-refractivity contribution < 1.29 is 4.74 Å². The number of ether oxygens (including phenoxy) is 1. The third-order valence-corrected chi connectivity index (χ3v) is 5.32. The molecule has 1 unspecified atom stereocenters. The van der Waals surface area contributed by atoms with Crippen LogP contribution in [0.3, 0.4) is 0 Å². The van der Waals surface area contributed by atoms with E-state index in [1.165, 1.54) is 48.8 Å². The highest BCUT2D eigenvalue weighted by molar-refractivity contribution is 5.47. The van der Waals surface area contributed by atoms with Crippen LogP contribution in [0.15, 0.2) is 12.1 Å². The lowest BCUT2D eigenvalue weighted by molar-refractivity contribution is 0.180. The number of rotatable bonds is 5. The maximum Gasteiger partial charge on any atom is 0.126 e. The van der Waals surface area contributed by atoms with Crippen LogP contribution < -0.4 is 10.5 Å². The number of benzene rings is 1. The second-order valence-electron chi connectivity index (χ2n) is 7.28. The average molecular weight is 289 g/mol. The Morgan fingerprint density at radius 2 is 1.81 bits per heavy atom. The third kappa shape index (κ3) is 3.11. The molecule has 1 atom stereocenters. The molecule has 0 aliphatic heterocycles. The summed E-state index contributed by atoms with van der Waals surface area (Å²) in [4.78, 5) is 0. The zero-order valence-electron chi connectivity index (χ0n) is 14.3. The van der Waals surface area contributed by atoms with Crippen molar-refractivity contribution in [3.8, 4) is 5.75 Å². The molecule has 0 saturated heterocycles. The van der Waals surface area contributed by atoms with Crippen LogP contribution >= 0.6 is 0 Å². The Morgan fingerprint density at radius 3 is 2.33 bits per heavy atom. The smallest absolute Gasteiger partial charge is 0.126 e. The Hall–Kier alpha value is -1.02. The molecule has 21 heavy (non-hydrogen) atoms. The normalized spacial score (nSPS) is 19.0. The van der Waals surface area contributed by atoms with Crippen molar-refractivity contribution in [2.45, 2.75) is 65.8 Å². The lowest BCUT2D eigenvalue weighted by Gasteiger charge is -2.38. The summed E-state index contributed by atoms with van der Waals surface area (Å²) in [6.45, 7) is 8.88. The van der Waals surface area contributed by atoms with Crippen molar-refractivity contribution in [1.29, 1.82) is 0 Å². The van der Waals surface area contributed by atoms with Gasteiger partial charge in [-0.2, -0.15) is 0 Å². The number of methoxy groups -OCH3 is 1. The van der Waals surface area contributed by atoms with Crippen molar-refractivity contribution in [3.05, 3.63) is 28.8 Å². The van der Waals surface area contributed by atoms with Crippen molar-refractivity contribution in [2.75, 3.05) is 7.11 Å². The zero-order valence-corrected chi connectivity index (χ0v) is 14.3. The van der Waals surface area contributed by atoms with Gasteiger partial charge in [0.25, 0.3) is 0 Å². The molecule has 1 aliphatic carbocycles. The molecule has 2 N–H and O–H groups in total. The van der Waals surface area contributed by atoms with Crippen LogP contribution in [-0.2, 0) is 0 Å². The quantitative estimate of drug-likeness (QED) is 0.835. The van der Waals surface area contributed by atoms with Crippen LogP contribution in [0.1, 0.15) is 68.7 Å². The molecule has 118 valence electrons. The Bertz CT molecular complexity index is 487. The molecule has 0 aromatic heterocycles. The van der Waals surface area contributed by atoms with Gasteiger partial charge in [-0.3, -0.25) is 0 Å². The van der Waals surface area contributed by atoms with Gasteiger partial charge in [0.05, 0.1) is 7.11 Å². The Morgan fingerprint density at radius 1 is 1.19 bits per heavy atom. The second-order valence-corrected chi connectivity index (χ2v) is 7.28. The first-order valence-corrected chi connectivity index (χ1v) is 8.31. The molecule has 2 rings (SSSR count). The molecule has 0 amide bonds. The third-order valence-electron chi connectivity index (χ3n) is 5.32. The molecular formula is C19H31NO. The van der Waals surface area contributed by atoms with E-state index in [1.807, 2.05) is 0 Å².